The molecule has 18 heavy (non-hydrogen) atoms. The maximum Gasteiger partial charge on any atom is 0.0523 e. The number of nitrogens with zero attached hydrogens (tertiary/aromatic N) is 3. The van der Waals surface area contributed by atoms with E-state index in [1.54, 1.807) is 0 Å². The summed E-state index contributed by atoms with van der Waals surface area (Å²) in [5, 5.41) is 7.19. The predicted octanol–water partition coefficient (Wildman–Crippen LogP) is 2.53. The second-order valence-corrected chi connectivity index (χ2v) is 4.86. The highest BCUT2D eigenvalue weighted by atomic mass is 15.2. The summed E-state index contributed by atoms with van der Waals surface area (Å²) >= 11 is 0. The van der Waals surface area contributed by atoms with Crippen molar-refractivity contribution in [3.8, 4) is 0 Å². The fourth-order valence-electron chi connectivity index (χ4n) is 2.71. The molecule has 3 rings (SSSR count). The van der Waals surface area contributed by atoms with E-state index in [-0.39, 0.29) is 0 Å². The number of hydrogen-bond donors (Lipinski definition) is 1. The number of nitrogens with one attached hydrogen (secondary N) is 1. The second kappa shape index (κ2) is 5.31. The minimum atomic E-state index is 0.474. The molecule has 1 unspecified atom stereocenters. The van der Waals surface area contributed by atoms with Gasteiger partial charge in [-0.25, -0.2) is 0 Å². The van der Waals surface area contributed by atoms with E-state index in [4.69, 9.17) is 0 Å². The van der Waals surface area contributed by atoms with Crippen molar-refractivity contribution in [2.45, 2.75) is 31.8 Å². The number of aromatic amines is 1. The summed E-state index contributed by atoms with van der Waals surface area (Å²) in [4.78, 5) is 6.71. The Kier molecular flexibility index (Phi) is 3.37. The zero-order valence-corrected chi connectivity index (χ0v) is 10.4. The molecule has 0 aromatic carbocycles. The Morgan fingerprint density at radius 1 is 1.28 bits per heavy atom. The number of H-pyrrole nitrogens is 1. The van der Waals surface area contributed by atoms with Gasteiger partial charge in [0.2, 0.25) is 0 Å². The van der Waals surface area contributed by atoms with Gasteiger partial charge in [-0.1, -0.05) is 12.5 Å². The van der Waals surface area contributed by atoms with Crippen molar-refractivity contribution in [2.24, 2.45) is 0 Å². The van der Waals surface area contributed by atoms with Gasteiger partial charge in [0.25, 0.3) is 0 Å². The Hall–Kier alpha value is -1.68. The first-order valence-electron chi connectivity index (χ1n) is 6.56. The molecule has 0 saturated carbocycles. The van der Waals surface area contributed by atoms with E-state index in [1.807, 2.05) is 24.7 Å². The largest absolute Gasteiger partial charge is 0.290 e. The van der Waals surface area contributed by atoms with Gasteiger partial charge in [-0.3, -0.25) is 15.0 Å². The number of likely N-dealkylation sites (tertiary alicyclic amines) is 1. The van der Waals surface area contributed by atoms with Gasteiger partial charge in [-0.05, 0) is 37.1 Å². The van der Waals surface area contributed by atoms with E-state index in [1.165, 1.54) is 30.5 Å². The van der Waals surface area contributed by atoms with Crippen molar-refractivity contribution >= 4 is 0 Å². The van der Waals surface area contributed by atoms with Gasteiger partial charge in [0, 0.05) is 25.1 Å². The van der Waals surface area contributed by atoms with Crippen LogP contribution in [0.25, 0.3) is 0 Å². The summed E-state index contributed by atoms with van der Waals surface area (Å²) in [7, 11) is 0. The molecule has 0 aliphatic carbocycles. The first-order chi connectivity index (χ1) is 8.93. The minimum Gasteiger partial charge on any atom is -0.290 e. The molecular formula is C14H18N4. The molecule has 2 aromatic rings. The summed E-state index contributed by atoms with van der Waals surface area (Å²) in [5.74, 6) is 0. The van der Waals surface area contributed by atoms with Crippen LogP contribution < -0.4 is 0 Å². The van der Waals surface area contributed by atoms with Crippen LogP contribution in [0.15, 0.2) is 36.8 Å². The molecule has 1 aliphatic rings. The zero-order chi connectivity index (χ0) is 12.2. The minimum absolute atomic E-state index is 0.474. The molecule has 1 aliphatic heterocycles. The fourth-order valence-corrected chi connectivity index (χ4v) is 2.71. The second-order valence-electron chi connectivity index (χ2n) is 4.86. The van der Waals surface area contributed by atoms with Gasteiger partial charge >= 0.3 is 0 Å². The first-order valence-corrected chi connectivity index (χ1v) is 6.56. The van der Waals surface area contributed by atoms with Crippen LogP contribution in [0.3, 0.4) is 0 Å². The van der Waals surface area contributed by atoms with Gasteiger partial charge in [0.15, 0.2) is 0 Å². The molecule has 0 bridgehead atoms. The predicted molar refractivity (Wildman–Crippen MR) is 69.8 cm³/mol. The lowest BCUT2D eigenvalue weighted by Crippen LogP contribution is -2.33. The van der Waals surface area contributed by atoms with Gasteiger partial charge in [-0.2, -0.15) is 5.10 Å². The Morgan fingerprint density at radius 3 is 3.06 bits per heavy atom. The van der Waals surface area contributed by atoms with Crippen LogP contribution >= 0.6 is 0 Å². The Bertz CT molecular complexity index is 466. The number of aromatic nitrogens is 3. The lowest BCUT2D eigenvalue weighted by molar-refractivity contribution is 0.137. The third-order valence-electron chi connectivity index (χ3n) is 3.60. The van der Waals surface area contributed by atoms with Crippen LogP contribution in [0.5, 0.6) is 0 Å². The Labute approximate surface area is 107 Å². The maximum absolute atomic E-state index is 4.19. The number of piperidine rings is 1. The number of hydrogen-bond acceptors (Lipinski definition) is 3. The SMILES string of the molecule is c1cncc(CN2CCCCC2c2ccn[nH]2)c1. The molecule has 2 aromatic heterocycles. The van der Waals surface area contributed by atoms with Crippen LogP contribution in [-0.2, 0) is 6.54 Å². The van der Waals surface area contributed by atoms with Gasteiger partial charge in [-0.15, -0.1) is 0 Å². The molecule has 4 heteroatoms. The van der Waals surface area contributed by atoms with E-state index in [0.29, 0.717) is 6.04 Å². The molecule has 1 saturated heterocycles. The molecule has 1 N–H and O–H groups in total. The fraction of sp³-hybridized carbons (Fsp3) is 0.429. The average molecular weight is 242 g/mol. The van der Waals surface area contributed by atoms with Crippen LogP contribution in [0.1, 0.15) is 36.6 Å². The molecule has 0 radical (unpaired) electrons. The third-order valence-corrected chi connectivity index (χ3v) is 3.60. The van der Waals surface area contributed by atoms with Crippen molar-refractivity contribution < 1.29 is 0 Å². The van der Waals surface area contributed by atoms with Crippen molar-refractivity contribution in [1.82, 2.24) is 20.1 Å². The van der Waals surface area contributed by atoms with Crippen LogP contribution in [-0.4, -0.2) is 26.6 Å². The third kappa shape index (κ3) is 2.43. The Morgan fingerprint density at radius 2 is 2.28 bits per heavy atom. The summed E-state index contributed by atoms with van der Waals surface area (Å²) in [6.07, 6.45) is 9.41. The summed E-state index contributed by atoms with van der Waals surface area (Å²) in [6, 6.07) is 6.71. The highest BCUT2D eigenvalue weighted by molar-refractivity contribution is 5.11. The number of rotatable bonds is 3. The topological polar surface area (TPSA) is 44.8 Å². The average Bonchev–Trinajstić information content (AvgIpc) is 2.94. The molecule has 3 heterocycles. The smallest absolute Gasteiger partial charge is 0.0523 e. The molecule has 0 spiro atoms. The van der Waals surface area contributed by atoms with Crippen molar-refractivity contribution in [1.29, 1.82) is 0 Å². The van der Waals surface area contributed by atoms with E-state index in [2.05, 4.69) is 32.2 Å². The molecule has 94 valence electrons. The normalized spacial score (nSPS) is 21.0. The van der Waals surface area contributed by atoms with E-state index >= 15 is 0 Å². The Balaban J connectivity index is 1.76. The molecule has 1 atom stereocenters. The monoisotopic (exact) mass is 242 g/mol. The summed E-state index contributed by atoms with van der Waals surface area (Å²) < 4.78 is 0. The van der Waals surface area contributed by atoms with Crippen LogP contribution in [0, 0.1) is 0 Å². The highest BCUT2D eigenvalue weighted by Gasteiger charge is 2.24. The lowest BCUT2D eigenvalue weighted by Gasteiger charge is -2.34. The summed E-state index contributed by atoms with van der Waals surface area (Å²) in [5.41, 5.74) is 2.52. The highest BCUT2D eigenvalue weighted by Crippen LogP contribution is 2.30. The van der Waals surface area contributed by atoms with Gasteiger partial charge < -0.3 is 0 Å². The van der Waals surface area contributed by atoms with Crippen molar-refractivity contribution in [3.05, 3.63) is 48.0 Å². The van der Waals surface area contributed by atoms with E-state index < -0.39 is 0 Å². The lowest BCUT2D eigenvalue weighted by atomic mass is 9.99. The first kappa shape index (κ1) is 11.4. The van der Waals surface area contributed by atoms with E-state index in [9.17, 15) is 0 Å². The standard InChI is InChI=1S/C14H18N4/c1-2-9-18(11-12-4-3-7-15-10-12)14(5-1)13-6-8-16-17-13/h3-4,6-8,10,14H,1-2,5,9,11H2,(H,16,17). The molecule has 0 amide bonds. The van der Waals surface area contributed by atoms with Gasteiger partial charge in [0.1, 0.15) is 0 Å². The van der Waals surface area contributed by atoms with Crippen molar-refractivity contribution in [2.75, 3.05) is 6.54 Å². The quantitative estimate of drug-likeness (QED) is 0.899. The molecule has 4 nitrogen and oxygen atoms in total. The maximum atomic E-state index is 4.19. The number of pyridine rings is 1. The molecular weight excluding hydrogens is 224 g/mol. The van der Waals surface area contributed by atoms with Crippen molar-refractivity contribution in [3.63, 3.8) is 0 Å². The van der Waals surface area contributed by atoms with E-state index in [0.717, 1.165) is 13.1 Å². The molecule has 1 fully saturated rings. The van der Waals surface area contributed by atoms with Crippen LogP contribution in [0.2, 0.25) is 0 Å². The van der Waals surface area contributed by atoms with Crippen LogP contribution in [0.4, 0.5) is 0 Å². The van der Waals surface area contributed by atoms with Gasteiger partial charge in [0.05, 0.1) is 11.7 Å². The summed E-state index contributed by atoms with van der Waals surface area (Å²) in [6.45, 7) is 2.12. The zero-order valence-electron chi connectivity index (χ0n) is 10.4.